The van der Waals surface area contributed by atoms with E-state index in [0.29, 0.717) is 28.3 Å². The van der Waals surface area contributed by atoms with Crippen LogP contribution in [0.2, 0.25) is 0 Å². The predicted molar refractivity (Wildman–Crippen MR) is 135 cm³/mol. The zero-order chi connectivity index (χ0) is 25.8. The van der Waals surface area contributed by atoms with Crippen molar-refractivity contribution in [3.05, 3.63) is 65.8 Å². The molecule has 2 heterocycles. The van der Waals surface area contributed by atoms with Gasteiger partial charge in [0.15, 0.2) is 5.03 Å². The van der Waals surface area contributed by atoms with Crippen molar-refractivity contribution in [2.24, 2.45) is 5.92 Å². The number of fused-ring (bicyclic) bond motifs is 1. The highest BCUT2D eigenvalue weighted by Gasteiger charge is 2.32. The number of imidazole rings is 1. The highest BCUT2D eigenvalue weighted by Crippen LogP contribution is 2.28. The van der Waals surface area contributed by atoms with Crippen LogP contribution < -0.4 is 5.32 Å². The maximum Gasteiger partial charge on any atom is 0.412 e. The average Bonchev–Trinajstić information content (AvgIpc) is 3.04. The van der Waals surface area contributed by atoms with E-state index in [1.807, 2.05) is 19.9 Å². The fourth-order valence-corrected chi connectivity index (χ4v) is 5.32. The molecule has 0 aliphatic carbocycles. The lowest BCUT2D eigenvalue weighted by atomic mass is 10.1. The van der Waals surface area contributed by atoms with Gasteiger partial charge in [0.1, 0.15) is 11.2 Å². The summed E-state index contributed by atoms with van der Waals surface area (Å²) in [5, 5.41) is 2.78. The Hall–Kier alpha value is -3.07. The number of carbonyl (C=O) groups is 1. The van der Waals surface area contributed by atoms with E-state index >= 15 is 0 Å². The number of rotatable bonds is 8. The maximum absolute atomic E-state index is 14.0. The van der Waals surface area contributed by atoms with E-state index in [4.69, 9.17) is 4.74 Å². The summed E-state index contributed by atoms with van der Waals surface area (Å²) in [6.07, 6.45) is 4.33. The van der Waals surface area contributed by atoms with Crippen molar-refractivity contribution in [3.8, 4) is 0 Å². The van der Waals surface area contributed by atoms with Crippen molar-refractivity contribution in [2.75, 3.05) is 6.54 Å². The molecule has 1 N–H and O–H groups in total. The number of nitrogens with one attached hydrogen (secondary N) is 1. The average molecular weight is 489 g/mol. The number of hydrogen-bond acceptors (Lipinski definition) is 5. The molecule has 34 heavy (non-hydrogen) atoms. The van der Waals surface area contributed by atoms with Crippen LogP contribution in [0.25, 0.3) is 5.65 Å². The van der Waals surface area contributed by atoms with Gasteiger partial charge < -0.3 is 4.74 Å². The molecule has 0 aromatic carbocycles. The number of allylic oxidation sites excluding steroid dienone is 3. The summed E-state index contributed by atoms with van der Waals surface area (Å²) in [4.78, 5) is 16.8. The molecule has 9 heteroatoms. The molecule has 8 nitrogen and oxygen atoms in total. The van der Waals surface area contributed by atoms with Crippen molar-refractivity contribution in [3.63, 3.8) is 0 Å². The number of amides is 1. The Morgan fingerprint density at radius 3 is 2.50 bits per heavy atom. The quantitative estimate of drug-likeness (QED) is 0.517. The molecule has 2 aromatic rings. The van der Waals surface area contributed by atoms with Crippen molar-refractivity contribution >= 4 is 21.8 Å². The van der Waals surface area contributed by atoms with Crippen molar-refractivity contribution < 1.29 is 17.9 Å². The molecule has 0 fully saturated rings. The SMILES string of the molecule is C=C(C)/C(=C\C(=C/C)NC(=O)OC(C)(C)C)N(CC(C)C)S(=O)(=O)c1c(C)nc2ccccn12. The van der Waals surface area contributed by atoms with Crippen molar-refractivity contribution in [2.45, 2.75) is 66.0 Å². The zero-order valence-electron chi connectivity index (χ0n) is 21.3. The zero-order valence-corrected chi connectivity index (χ0v) is 22.2. The smallest absolute Gasteiger partial charge is 0.412 e. The van der Waals surface area contributed by atoms with Crippen LogP contribution in [0.4, 0.5) is 4.79 Å². The molecule has 0 unspecified atom stereocenters. The van der Waals surface area contributed by atoms with Gasteiger partial charge in [-0.15, -0.1) is 0 Å². The van der Waals surface area contributed by atoms with E-state index in [2.05, 4.69) is 16.9 Å². The summed E-state index contributed by atoms with van der Waals surface area (Å²) in [6.45, 7) is 18.6. The Morgan fingerprint density at radius 1 is 1.32 bits per heavy atom. The molecular formula is C25H36N4O4S. The second-order valence-corrected chi connectivity index (χ2v) is 11.3. The molecule has 0 radical (unpaired) electrons. The van der Waals surface area contributed by atoms with Gasteiger partial charge in [-0.1, -0.05) is 32.6 Å². The fourth-order valence-electron chi connectivity index (χ4n) is 3.33. The molecule has 0 atom stereocenters. The third-order valence-electron chi connectivity index (χ3n) is 4.67. The van der Waals surface area contributed by atoms with Crippen LogP contribution in [0.15, 0.2) is 65.1 Å². The Kier molecular flexibility index (Phi) is 8.36. The molecule has 0 saturated carbocycles. The van der Waals surface area contributed by atoms with Crippen LogP contribution in [-0.4, -0.2) is 40.3 Å². The molecule has 1 amide bonds. The summed E-state index contributed by atoms with van der Waals surface area (Å²) in [5.41, 5.74) is 1.57. The minimum absolute atomic E-state index is 0.0184. The molecule has 2 aromatic heterocycles. The first-order valence-electron chi connectivity index (χ1n) is 11.2. The second kappa shape index (κ2) is 10.5. The first-order chi connectivity index (χ1) is 15.7. The molecule has 0 bridgehead atoms. The first-order valence-corrected chi connectivity index (χ1v) is 12.6. The number of carbonyl (C=O) groups excluding carboxylic acids is 1. The number of aromatic nitrogens is 2. The summed E-state index contributed by atoms with van der Waals surface area (Å²) in [5.74, 6) is 0.0184. The molecule has 0 spiro atoms. The van der Waals surface area contributed by atoms with Gasteiger partial charge in [-0.2, -0.15) is 8.42 Å². The highest BCUT2D eigenvalue weighted by atomic mass is 32.2. The van der Waals surface area contributed by atoms with Gasteiger partial charge >= 0.3 is 6.09 Å². The number of aryl methyl sites for hydroxylation is 1. The van der Waals surface area contributed by atoms with Crippen LogP contribution in [0, 0.1) is 12.8 Å². The fraction of sp³-hybridized carbons (Fsp3) is 0.440. The number of nitrogens with zero attached hydrogens (tertiary/aromatic N) is 3. The Balaban J connectivity index is 2.62. The van der Waals surface area contributed by atoms with Crippen LogP contribution in [0.1, 0.15) is 54.2 Å². The van der Waals surface area contributed by atoms with Gasteiger partial charge in [0.2, 0.25) is 0 Å². The number of ether oxygens (including phenoxy) is 1. The third-order valence-corrected chi connectivity index (χ3v) is 6.58. The van der Waals surface area contributed by atoms with Crippen LogP contribution in [-0.2, 0) is 14.8 Å². The van der Waals surface area contributed by atoms with Crippen LogP contribution in [0.3, 0.4) is 0 Å². The Morgan fingerprint density at radius 2 is 1.97 bits per heavy atom. The second-order valence-electron chi connectivity index (χ2n) is 9.54. The van der Waals surface area contributed by atoms with E-state index in [9.17, 15) is 13.2 Å². The van der Waals surface area contributed by atoms with Gasteiger partial charge in [-0.25, -0.2) is 9.78 Å². The topological polar surface area (TPSA) is 93.0 Å². The Labute approximate surface area is 203 Å². The lowest BCUT2D eigenvalue weighted by molar-refractivity contribution is 0.0547. The largest absolute Gasteiger partial charge is 0.444 e. The van der Waals surface area contributed by atoms with Gasteiger partial charge in [0, 0.05) is 18.4 Å². The monoisotopic (exact) mass is 488 g/mol. The van der Waals surface area contributed by atoms with Gasteiger partial charge in [-0.3, -0.25) is 14.0 Å². The molecule has 0 saturated heterocycles. The lowest BCUT2D eigenvalue weighted by Crippen LogP contribution is -2.36. The maximum atomic E-state index is 14.0. The summed E-state index contributed by atoms with van der Waals surface area (Å²) in [6, 6.07) is 5.33. The van der Waals surface area contributed by atoms with E-state index in [0.717, 1.165) is 0 Å². The minimum Gasteiger partial charge on any atom is -0.444 e. The summed E-state index contributed by atoms with van der Waals surface area (Å²) in [7, 11) is -4.03. The lowest BCUT2D eigenvalue weighted by Gasteiger charge is -2.29. The van der Waals surface area contributed by atoms with Crippen LogP contribution >= 0.6 is 0 Å². The van der Waals surface area contributed by atoms with E-state index in [-0.39, 0.29) is 17.5 Å². The molecule has 0 aliphatic rings. The Bertz CT molecular complexity index is 1230. The van der Waals surface area contributed by atoms with E-state index < -0.39 is 21.7 Å². The number of alkyl carbamates (subject to hydrolysis) is 1. The normalized spacial score (nSPS) is 13.3. The number of hydrogen-bond donors (Lipinski definition) is 1. The highest BCUT2D eigenvalue weighted by molar-refractivity contribution is 7.89. The molecule has 186 valence electrons. The minimum atomic E-state index is -4.03. The van der Waals surface area contributed by atoms with Crippen LogP contribution in [0.5, 0.6) is 0 Å². The molecule has 0 aliphatic heterocycles. The van der Waals surface area contributed by atoms with Crippen molar-refractivity contribution in [1.82, 2.24) is 19.0 Å². The summed E-state index contributed by atoms with van der Waals surface area (Å²) < 4.78 is 36.3. The van der Waals surface area contributed by atoms with E-state index in [1.165, 1.54) is 4.31 Å². The summed E-state index contributed by atoms with van der Waals surface area (Å²) >= 11 is 0. The number of pyridine rings is 1. The standard InChI is InChI=1S/C25H36N4O4S/c1-10-20(27-24(30)33-25(7,8)9)15-21(18(4)5)29(16-17(2)3)34(31,32)23-19(6)26-22-13-11-12-14-28(22)23/h10-15,17H,4,16H2,1-3,5-9H3,(H,27,30)/b20-10+,21-15+. The molecule has 2 rings (SSSR count). The van der Waals surface area contributed by atoms with Crippen molar-refractivity contribution in [1.29, 1.82) is 0 Å². The third kappa shape index (κ3) is 6.50. The van der Waals surface area contributed by atoms with E-state index in [1.54, 1.807) is 76.4 Å². The number of sulfonamides is 1. The molecular weight excluding hydrogens is 452 g/mol. The van der Waals surface area contributed by atoms with Gasteiger partial charge in [0.05, 0.1) is 11.4 Å². The van der Waals surface area contributed by atoms with Gasteiger partial charge in [-0.05, 0) is 71.2 Å². The van der Waals surface area contributed by atoms with Gasteiger partial charge in [0.25, 0.3) is 10.0 Å². The first kappa shape index (κ1) is 27.2. The predicted octanol–water partition coefficient (Wildman–Crippen LogP) is 5.18.